The summed E-state index contributed by atoms with van der Waals surface area (Å²) >= 11 is 2.91. The van der Waals surface area contributed by atoms with E-state index >= 15 is 0 Å². The van der Waals surface area contributed by atoms with E-state index in [2.05, 4.69) is 21.0 Å². The summed E-state index contributed by atoms with van der Waals surface area (Å²) in [6.07, 6.45) is 3.45. The first-order valence-corrected chi connectivity index (χ1v) is 6.50. The van der Waals surface area contributed by atoms with Gasteiger partial charge in [0.1, 0.15) is 0 Å². The van der Waals surface area contributed by atoms with Gasteiger partial charge >= 0.3 is 0 Å². The molecule has 0 atom stereocenters. The SMILES string of the molecule is CCn1cc(CC(=O)c2ccc(F)c(F)c2Br)cn1. The summed E-state index contributed by atoms with van der Waals surface area (Å²) in [7, 11) is 0. The molecule has 0 aliphatic heterocycles. The lowest BCUT2D eigenvalue weighted by molar-refractivity contribution is 0.0991. The molecule has 0 N–H and O–H groups in total. The molecule has 1 heterocycles. The van der Waals surface area contributed by atoms with E-state index in [1.54, 1.807) is 17.1 Å². The van der Waals surface area contributed by atoms with Crippen molar-refractivity contribution < 1.29 is 13.6 Å². The summed E-state index contributed by atoms with van der Waals surface area (Å²) in [4.78, 5) is 12.0. The molecule has 0 fully saturated rings. The van der Waals surface area contributed by atoms with E-state index in [9.17, 15) is 13.6 Å². The van der Waals surface area contributed by atoms with Crippen LogP contribution < -0.4 is 0 Å². The van der Waals surface area contributed by atoms with E-state index < -0.39 is 11.6 Å². The summed E-state index contributed by atoms with van der Waals surface area (Å²) in [6.45, 7) is 2.65. The maximum atomic E-state index is 13.4. The molecule has 0 aliphatic rings. The highest BCUT2D eigenvalue weighted by molar-refractivity contribution is 9.10. The van der Waals surface area contributed by atoms with Gasteiger partial charge in [0.25, 0.3) is 0 Å². The van der Waals surface area contributed by atoms with Crippen LogP contribution in [0, 0.1) is 11.6 Å². The second-order valence-corrected chi connectivity index (χ2v) is 4.82. The minimum Gasteiger partial charge on any atom is -0.294 e. The molecule has 0 bridgehead atoms. The number of hydrogen-bond donors (Lipinski definition) is 0. The van der Waals surface area contributed by atoms with Crippen LogP contribution in [0.4, 0.5) is 8.78 Å². The Hall–Kier alpha value is -1.56. The molecule has 100 valence electrons. The van der Waals surface area contributed by atoms with Crippen LogP contribution in [0.1, 0.15) is 22.8 Å². The molecule has 1 aromatic carbocycles. The quantitative estimate of drug-likeness (QED) is 0.637. The highest BCUT2D eigenvalue weighted by Gasteiger charge is 2.17. The second kappa shape index (κ2) is 5.61. The molecule has 0 radical (unpaired) electrons. The Kier molecular flexibility index (Phi) is 4.09. The molecule has 0 amide bonds. The summed E-state index contributed by atoms with van der Waals surface area (Å²) < 4.78 is 27.9. The van der Waals surface area contributed by atoms with Crippen LogP contribution in [0.15, 0.2) is 29.0 Å². The molecule has 2 rings (SSSR count). The average Bonchev–Trinajstić information content (AvgIpc) is 2.83. The lowest BCUT2D eigenvalue weighted by Crippen LogP contribution is -2.06. The van der Waals surface area contributed by atoms with Gasteiger partial charge in [-0.25, -0.2) is 8.78 Å². The minimum atomic E-state index is -1.05. The van der Waals surface area contributed by atoms with Gasteiger partial charge in [-0.2, -0.15) is 5.10 Å². The fourth-order valence-corrected chi connectivity index (χ4v) is 2.24. The van der Waals surface area contributed by atoms with E-state index in [0.717, 1.165) is 11.6 Å². The molecule has 0 unspecified atom stereocenters. The summed E-state index contributed by atoms with van der Waals surface area (Å²) in [5.41, 5.74) is 0.867. The largest absolute Gasteiger partial charge is 0.294 e. The Bertz CT molecular complexity index is 625. The molecule has 0 saturated heterocycles. The van der Waals surface area contributed by atoms with Crippen LogP contribution in [0.2, 0.25) is 0 Å². The number of halogens is 3. The molecular weight excluding hydrogens is 318 g/mol. The highest BCUT2D eigenvalue weighted by atomic mass is 79.9. The Morgan fingerprint density at radius 3 is 2.79 bits per heavy atom. The minimum absolute atomic E-state index is 0.101. The zero-order chi connectivity index (χ0) is 14.0. The van der Waals surface area contributed by atoms with Crippen molar-refractivity contribution in [3.8, 4) is 0 Å². The van der Waals surface area contributed by atoms with Gasteiger partial charge in [0, 0.05) is 24.7 Å². The molecule has 0 saturated carbocycles. The first-order valence-electron chi connectivity index (χ1n) is 5.71. The number of benzene rings is 1. The van der Waals surface area contributed by atoms with Crippen LogP contribution in [-0.4, -0.2) is 15.6 Å². The first kappa shape index (κ1) is 13.9. The van der Waals surface area contributed by atoms with E-state index in [-0.39, 0.29) is 22.2 Å². The van der Waals surface area contributed by atoms with E-state index in [1.807, 2.05) is 6.92 Å². The van der Waals surface area contributed by atoms with Gasteiger partial charge in [0.2, 0.25) is 0 Å². The van der Waals surface area contributed by atoms with E-state index in [0.29, 0.717) is 6.54 Å². The van der Waals surface area contributed by atoms with Crippen molar-refractivity contribution >= 4 is 21.7 Å². The topological polar surface area (TPSA) is 34.9 Å². The lowest BCUT2D eigenvalue weighted by Gasteiger charge is -2.04. The van der Waals surface area contributed by atoms with Crippen molar-refractivity contribution in [3.05, 3.63) is 51.8 Å². The Morgan fingerprint density at radius 1 is 1.42 bits per heavy atom. The number of aromatic nitrogens is 2. The monoisotopic (exact) mass is 328 g/mol. The third-order valence-electron chi connectivity index (χ3n) is 2.71. The van der Waals surface area contributed by atoms with Gasteiger partial charge in [-0.15, -0.1) is 0 Å². The lowest BCUT2D eigenvalue weighted by atomic mass is 10.1. The molecule has 6 heteroatoms. The van der Waals surface area contributed by atoms with Gasteiger partial charge in [-0.05, 0) is 40.5 Å². The van der Waals surface area contributed by atoms with Gasteiger partial charge in [0.05, 0.1) is 10.7 Å². The molecule has 1 aromatic heterocycles. The molecule has 2 aromatic rings. The fourth-order valence-electron chi connectivity index (χ4n) is 1.69. The summed E-state index contributed by atoms with van der Waals surface area (Å²) in [5, 5.41) is 4.05. The zero-order valence-corrected chi connectivity index (χ0v) is 11.7. The third-order valence-corrected chi connectivity index (χ3v) is 3.49. The molecular formula is C13H11BrF2N2O. The molecule has 0 aliphatic carbocycles. The number of hydrogen-bond acceptors (Lipinski definition) is 2. The standard InChI is InChI=1S/C13H11BrF2N2O/c1-2-18-7-8(6-17-18)5-11(19)9-3-4-10(15)13(16)12(9)14/h3-4,6-7H,2,5H2,1H3. The zero-order valence-electron chi connectivity index (χ0n) is 10.2. The Labute approximate surface area is 117 Å². The van der Waals surface area contributed by atoms with Crippen molar-refractivity contribution in [3.63, 3.8) is 0 Å². The van der Waals surface area contributed by atoms with Crippen molar-refractivity contribution in [2.24, 2.45) is 0 Å². The number of carbonyl (C=O) groups is 1. The Balaban J connectivity index is 2.23. The highest BCUT2D eigenvalue weighted by Crippen LogP contribution is 2.24. The van der Waals surface area contributed by atoms with Crippen molar-refractivity contribution in [2.75, 3.05) is 0 Å². The molecule has 0 spiro atoms. The van der Waals surface area contributed by atoms with Crippen LogP contribution in [0.25, 0.3) is 0 Å². The number of carbonyl (C=O) groups excluding carboxylic acids is 1. The van der Waals surface area contributed by atoms with E-state index in [4.69, 9.17) is 0 Å². The maximum Gasteiger partial charge on any atom is 0.173 e. The summed E-state index contributed by atoms with van der Waals surface area (Å²) in [6, 6.07) is 2.22. The maximum absolute atomic E-state index is 13.4. The number of aryl methyl sites for hydroxylation is 1. The second-order valence-electron chi connectivity index (χ2n) is 4.03. The van der Waals surface area contributed by atoms with Crippen molar-refractivity contribution in [2.45, 2.75) is 19.9 Å². The number of nitrogens with zero attached hydrogens (tertiary/aromatic N) is 2. The summed E-state index contributed by atoms with van der Waals surface area (Å²) in [5.74, 6) is -2.32. The van der Waals surface area contributed by atoms with Gasteiger partial charge in [-0.1, -0.05) is 0 Å². The average molecular weight is 329 g/mol. The number of Topliss-reactive ketones (excluding diaryl/α,β-unsaturated/α-hetero) is 1. The normalized spacial score (nSPS) is 10.7. The fraction of sp³-hybridized carbons (Fsp3) is 0.231. The van der Waals surface area contributed by atoms with Crippen LogP contribution in [0.3, 0.4) is 0 Å². The predicted octanol–water partition coefficient (Wildman–Crippen LogP) is 3.37. The number of rotatable bonds is 4. The van der Waals surface area contributed by atoms with E-state index in [1.165, 1.54) is 6.07 Å². The van der Waals surface area contributed by atoms with Crippen molar-refractivity contribution in [1.29, 1.82) is 0 Å². The Morgan fingerprint density at radius 2 is 2.16 bits per heavy atom. The number of ketones is 1. The van der Waals surface area contributed by atoms with Crippen LogP contribution in [-0.2, 0) is 13.0 Å². The molecule has 3 nitrogen and oxygen atoms in total. The predicted molar refractivity (Wildman–Crippen MR) is 70.0 cm³/mol. The smallest absolute Gasteiger partial charge is 0.173 e. The van der Waals surface area contributed by atoms with Gasteiger partial charge in [-0.3, -0.25) is 9.48 Å². The van der Waals surface area contributed by atoms with Gasteiger partial charge in [0.15, 0.2) is 17.4 Å². The van der Waals surface area contributed by atoms with Crippen LogP contribution >= 0.6 is 15.9 Å². The first-order chi connectivity index (χ1) is 9.02. The third kappa shape index (κ3) is 2.89. The molecule has 19 heavy (non-hydrogen) atoms. The van der Waals surface area contributed by atoms with Crippen molar-refractivity contribution in [1.82, 2.24) is 9.78 Å². The van der Waals surface area contributed by atoms with Gasteiger partial charge < -0.3 is 0 Å². The van der Waals surface area contributed by atoms with Crippen LogP contribution in [0.5, 0.6) is 0 Å².